The second-order valence-electron chi connectivity index (χ2n) is 8.51. The molecule has 0 aliphatic heterocycles. The predicted octanol–water partition coefficient (Wildman–Crippen LogP) is 5.52. The number of amides is 1. The van der Waals surface area contributed by atoms with Crippen molar-refractivity contribution in [2.24, 2.45) is 0 Å². The first-order valence-corrected chi connectivity index (χ1v) is 11.5. The first-order valence-electron chi connectivity index (χ1n) is 11.5. The Bertz CT molecular complexity index is 1690. The highest BCUT2D eigenvalue weighted by Crippen LogP contribution is 2.30. The quantitative estimate of drug-likeness (QED) is 0.141. The maximum atomic E-state index is 13.1. The molecule has 0 unspecified atom stereocenters. The zero-order valence-corrected chi connectivity index (χ0v) is 19.7. The molecule has 1 N–H and O–H groups in total. The van der Waals surface area contributed by atoms with Crippen molar-refractivity contribution in [2.45, 2.75) is 0 Å². The molecule has 0 aromatic heterocycles. The summed E-state index contributed by atoms with van der Waals surface area (Å²) in [6.07, 6.45) is 2.86. The fourth-order valence-electron chi connectivity index (χ4n) is 4.26. The van der Waals surface area contributed by atoms with E-state index in [2.05, 4.69) is 5.32 Å². The largest absolute Gasteiger partial charge is 0.322 e. The lowest BCUT2D eigenvalue weighted by Gasteiger charge is -2.19. The SMILES string of the molecule is O=C(Nc1cccc([N+](=O)[O-])c1)c1ccc(/C=C/C(=O)c2cccc3c2C(=O)c2ccccc2C3=O)cc1. The van der Waals surface area contributed by atoms with Crippen molar-refractivity contribution < 1.29 is 24.1 Å². The van der Waals surface area contributed by atoms with E-state index in [1.165, 1.54) is 30.3 Å². The van der Waals surface area contributed by atoms with E-state index in [0.29, 0.717) is 22.4 Å². The van der Waals surface area contributed by atoms with Gasteiger partial charge in [0.2, 0.25) is 0 Å². The number of allylic oxidation sites excluding steroid dienone is 1. The minimum absolute atomic E-state index is 0.0963. The van der Waals surface area contributed by atoms with E-state index in [4.69, 9.17) is 0 Å². The molecule has 0 atom stereocenters. The molecule has 8 heteroatoms. The normalized spacial score (nSPS) is 12.1. The molecule has 0 saturated heterocycles. The van der Waals surface area contributed by atoms with Crippen LogP contribution >= 0.6 is 0 Å². The summed E-state index contributed by atoms with van der Waals surface area (Å²) in [6, 6.07) is 23.2. The number of nitro groups is 1. The smallest absolute Gasteiger partial charge is 0.271 e. The number of non-ortho nitro benzene ring substituents is 1. The fraction of sp³-hybridized carbons (Fsp3) is 0. The maximum Gasteiger partial charge on any atom is 0.271 e. The van der Waals surface area contributed by atoms with Crippen LogP contribution in [0.2, 0.25) is 0 Å². The first kappa shape index (κ1) is 24.2. The third kappa shape index (κ3) is 4.54. The molecule has 5 rings (SSSR count). The van der Waals surface area contributed by atoms with E-state index in [0.717, 1.165) is 0 Å². The second-order valence-corrected chi connectivity index (χ2v) is 8.51. The van der Waals surface area contributed by atoms with Gasteiger partial charge in [-0.1, -0.05) is 66.7 Å². The number of fused-ring (bicyclic) bond motifs is 2. The predicted molar refractivity (Wildman–Crippen MR) is 141 cm³/mol. The molecule has 0 radical (unpaired) electrons. The highest BCUT2D eigenvalue weighted by molar-refractivity contribution is 6.31. The summed E-state index contributed by atoms with van der Waals surface area (Å²) in [4.78, 5) is 62.0. The third-order valence-corrected chi connectivity index (χ3v) is 6.13. The van der Waals surface area contributed by atoms with Gasteiger partial charge in [-0.15, -0.1) is 0 Å². The number of carbonyl (C=O) groups excluding carboxylic acids is 4. The molecule has 1 aliphatic carbocycles. The highest BCUT2D eigenvalue weighted by Gasteiger charge is 2.32. The van der Waals surface area contributed by atoms with E-state index in [-0.39, 0.29) is 39.5 Å². The zero-order valence-electron chi connectivity index (χ0n) is 19.7. The molecule has 1 amide bonds. The van der Waals surface area contributed by atoms with Gasteiger partial charge in [0.05, 0.1) is 4.92 Å². The number of nitrogens with zero attached hydrogens (tertiary/aromatic N) is 1. The van der Waals surface area contributed by atoms with Gasteiger partial charge in [0.25, 0.3) is 11.6 Å². The molecule has 8 nitrogen and oxygen atoms in total. The van der Waals surface area contributed by atoms with E-state index >= 15 is 0 Å². The lowest BCUT2D eigenvalue weighted by atomic mass is 9.81. The van der Waals surface area contributed by atoms with E-state index in [1.54, 1.807) is 72.8 Å². The number of anilines is 1. The number of hydrogen-bond acceptors (Lipinski definition) is 6. The minimum atomic E-state index is -0.546. The van der Waals surface area contributed by atoms with Crippen molar-refractivity contribution >= 4 is 40.7 Å². The summed E-state index contributed by atoms with van der Waals surface area (Å²) in [5.41, 5.74) is 2.13. The number of nitro benzene ring substituents is 1. The lowest BCUT2D eigenvalue weighted by molar-refractivity contribution is -0.384. The van der Waals surface area contributed by atoms with Crippen molar-refractivity contribution in [1.82, 2.24) is 0 Å². The number of carbonyl (C=O) groups is 4. The van der Waals surface area contributed by atoms with Gasteiger partial charge in [-0.05, 0) is 29.8 Å². The van der Waals surface area contributed by atoms with Crippen LogP contribution in [-0.4, -0.2) is 28.2 Å². The van der Waals surface area contributed by atoms with Crippen LogP contribution in [0.1, 0.15) is 58.1 Å². The van der Waals surface area contributed by atoms with E-state index in [1.807, 2.05) is 0 Å². The molecular weight excluding hydrogens is 484 g/mol. The Hall–Kier alpha value is -5.50. The molecule has 1 aliphatic rings. The molecule has 4 aromatic carbocycles. The standard InChI is InChI=1S/C30H18N2O6/c33-26(24-9-4-10-25-27(24)29(35)23-8-2-1-7-22(23)28(25)34)16-13-18-11-14-19(15-12-18)30(36)31-20-5-3-6-21(17-20)32(37)38/h1-17H,(H,31,36)/b16-13+. The summed E-state index contributed by atoms with van der Waals surface area (Å²) in [5.74, 6) is -1.55. The monoisotopic (exact) mass is 502 g/mol. The molecule has 0 bridgehead atoms. The Kier molecular flexibility index (Phi) is 6.28. The van der Waals surface area contributed by atoms with Gasteiger partial charge in [0.15, 0.2) is 17.3 Å². The Morgan fingerprint density at radius 2 is 1.42 bits per heavy atom. The molecule has 184 valence electrons. The first-order chi connectivity index (χ1) is 18.3. The van der Waals surface area contributed by atoms with Crippen LogP contribution in [0.3, 0.4) is 0 Å². The Morgan fingerprint density at radius 1 is 0.763 bits per heavy atom. The van der Waals surface area contributed by atoms with Crippen LogP contribution in [-0.2, 0) is 0 Å². The Morgan fingerprint density at radius 3 is 2.13 bits per heavy atom. The van der Waals surface area contributed by atoms with Crippen LogP contribution in [0, 0.1) is 10.1 Å². The molecule has 4 aromatic rings. The van der Waals surface area contributed by atoms with E-state index < -0.39 is 16.6 Å². The van der Waals surface area contributed by atoms with Gasteiger partial charge in [-0.3, -0.25) is 29.3 Å². The van der Waals surface area contributed by atoms with Gasteiger partial charge in [0, 0.05) is 51.2 Å². The average Bonchev–Trinajstić information content (AvgIpc) is 2.94. The zero-order chi connectivity index (χ0) is 26.8. The maximum absolute atomic E-state index is 13.1. The molecule has 0 spiro atoms. The highest BCUT2D eigenvalue weighted by atomic mass is 16.6. The molecule has 0 heterocycles. The fourth-order valence-corrected chi connectivity index (χ4v) is 4.26. The van der Waals surface area contributed by atoms with Crippen LogP contribution in [0.15, 0.2) is 97.1 Å². The summed E-state index contributed by atoms with van der Waals surface area (Å²) >= 11 is 0. The summed E-state index contributed by atoms with van der Waals surface area (Å²) in [6.45, 7) is 0. The van der Waals surface area contributed by atoms with Crippen molar-refractivity contribution in [3.05, 3.63) is 146 Å². The van der Waals surface area contributed by atoms with Gasteiger partial charge in [-0.25, -0.2) is 0 Å². The van der Waals surface area contributed by atoms with Gasteiger partial charge >= 0.3 is 0 Å². The number of hydrogen-bond donors (Lipinski definition) is 1. The van der Waals surface area contributed by atoms with Crippen molar-refractivity contribution in [3.63, 3.8) is 0 Å². The summed E-state index contributed by atoms with van der Waals surface area (Å²) in [5, 5.41) is 13.5. The van der Waals surface area contributed by atoms with Crippen molar-refractivity contribution in [2.75, 3.05) is 5.32 Å². The summed E-state index contributed by atoms with van der Waals surface area (Å²) in [7, 11) is 0. The van der Waals surface area contributed by atoms with Crippen molar-refractivity contribution in [1.29, 1.82) is 0 Å². The van der Waals surface area contributed by atoms with Crippen LogP contribution in [0.5, 0.6) is 0 Å². The second kappa shape index (κ2) is 9.87. The van der Waals surface area contributed by atoms with Crippen molar-refractivity contribution in [3.8, 4) is 0 Å². The Labute approximate surface area is 216 Å². The average molecular weight is 502 g/mol. The number of benzene rings is 4. The van der Waals surface area contributed by atoms with Crippen LogP contribution in [0.25, 0.3) is 6.08 Å². The number of rotatable bonds is 6. The van der Waals surface area contributed by atoms with Crippen LogP contribution in [0.4, 0.5) is 11.4 Å². The third-order valence-electron chi connectivity index (χ3n) is 6.13. The van der Waals surface area contributed by atoms with Gasteiger partial charge in [0.1, 0.15) is 0 Å². The Balaban J connectivity index is 1.33. The molecular formula is C30H18N2O6. The topological polar surface area (TPSA) is 123 Å². The molecule has 38 heavy (non-hydrogen) atoms. The molecule has 0 saturated carbocycles. The number of nitrogens with one attached hydrogen (secondary N) is 1. The van der Waals surface area contributed by atoms with Crippen LogP contribution < -0.4 is 5.32 Å². The minimum Gasteiger partial charge on any atom is -0.322 e. The molecule has 0 fully saturated rings. The van der Waals surface area contributed by atoms with Gasteiger partial charge < -0.3 is 5.32 Å². The van der Waals surface area contributed by atoms with E-state index in [9.17, 15) is 29.3 Å². The summed E-state index contributed by atoms with van der Waals surface area (Å²) < 4.78 is 0. The lowest BCUT2D eigenvalue weighted by Crippen LogP contribution is -2.23. The number of ketones is 3. The van der Waals surface area contributed by atoms with Gasteiger partial charge in [-0.2, -0.15) is 0 Å².